The van der Waals surface area contributed by atoms with Crippen LogP contribution in [0.1, 0.15) is 21.5 Å². The third-order valence-electron chi connectivity index (χ3n) is 4.44. The van der Waals surface area contributed by atoms with Gasteiger partial charge in [0.05, 0.1) is 17.3 Å². The maximum atomic E-state index is 14.2. The second-order valence-electron chi connectivity index (χ2n) is 6.86. The number of halogens is 4. The Hall–Kier alpha value is -2.38. The number of nitrogens with one attached hydrogen (secondary N) is 1. The summed E-state index contributed by atoms with van der Waals surface area (Å²) in [5.41, 5.74) is 0.894. The summed E-state index contributed by atoms with van der Waals surface area (Å²) in [7, 11) is 3.81. The van der Waals surface area contributed by atoms with E-state index in [1.165, 1.54) is 12.1 Å². The molecule has 0 saturated carbocycles. The Morgan fingerprint density at radius 3 is 2.64 bits per heavy atom. The number of ketones is 1. The molecule has 2 aromatic rings. The largest absolute Gasteiger partial charge is 0.341 e. The standard InChI is InChI=1S/C20H19ClF3N3O/c1-27(2)6-5-25-18-10-13-12(9-16(23)19(24)20(13)26-18)17(28)8-11-3-4-15(22)14(21)7-11/h3-4,7,9H,5-6,8,10H2,1-2H3,(H,25,26). The van der Waals surface area contributed by atoms with Crippen LogP contribution in [0.3, 0.4) is 0 Å². The highest BCUT2D eigenvalue weighted by molar-refractivity contribution is 6.30. The van der Waals surface area contributed by atoms with Crippen LogP contribution in [0.2, 0.25) is 5.02 Å². The third kappa shape index (κ3) is 4.36. The molecule has 148 valence electrons. The maximum absolute atomic E-state index is 14.2. The number of anilines is 1. The van der Waals surface area contributed by atoms with Gasteiger partial charge in [-0.05, 0) is 43.4 Å². The van der Waals surface area contributed by atoms with E-state index in [0.717, 1.165) is 12.1 Å². The number of carbonyl (C=O) groups excluding carboxylic acids is 1. The summed E-state index contributed by atoms with van der Waals surface area (Å²) in [6.45, 7) is 1.19. The molecule has 1 N–H and O–H groups in total. The first-order valence-corrected chi connectivity index (χ1v) is 9.07. The molecule has 0 radical (unpaired) electrons. The molecule has 1 aliphatic heterocycles. The second-order valence-corrected chi connectivity index (χ2v) is 7.26. The summed E-state index contributed by atoms with van der Waals surface area (Å²) in [6, 6.07) is 4.86. The van der Waals surface area contributed by atoms with Gasteiger partial charge in [0, 0.05) is 24.9 Å². The lowest BCUT2D eigenvalue weighted by molar-refractivity contribution is 0.0992. The fourth-order valence-electron chi connectivity index (χ4n) is 2.99. The van der Waals surface area contributed by atoms with Crippen LogP contribution < -0.4 is 5.32 Å². The van der Waals surface area contributed by atoms with E-state index in [2.05, 4.69) is 10.3 Å². The molecule has 3 rings (SSSR count). The number of carbonyl (C=O) groups is 1. The summed E-state index contributed by atoms with van der Waals surface area (Å²) in [5.74, 6) is -2.65. The molecule has 8 heteroatoms. The molecule has 0 aromatic heterocycles. The van der Waals surface area contributed by atoms with Gasteiger partial charge in [-0.1, -0.05) is 17.7 Å². The first-order valence-electron chi connectivity index (χ1n) is 8.69. The zero-order chi connectivity index (χ0) is 20.4. The highest BCUT2D eigenvalue weighted by Gasteiger charge is 2.28. The Kier molecular flexibility index (Phi) is 6.05. The Bertz CT molecular complexity index is 960. The summed E-state index contributed by atoms with van der Waals surface area (Å²) >= 11 is 5.75. The van der Waals surface area contributed by atoms with Crippen LogP contribution in [0.25, 0.3) is 0 Å². The minimum absolute atomic E-state index is 0.0518. The highest BCUT2D eigenvalue weighted by atomic mass is 35.5. The summed E-state index contributed by atoms with van der Waals surface area (Å²) in [6.07, 6.45) is 0.107. The predicted molar refractivity (Wildman–Crippen MR) is 104 cm³/mol. The van der Waals surface area contributed by atoms with E-state index in [1.54, 1.807) is 0 Å². The SMILES string of the molecule is CN(C)CCN=C1Cc2c(C(=O)Cc3ccc(F)c(Cl)c3)cc(F)c(F)c2N1. The number of rotatable bonds is 6. The molecule has 1 heterocycles. The fraction of sp³-hybridized carbons (Fsp3) is 0.300. The molecule has 0 amide bonds. The Labute approximate surface area is 166 Å². The van der Waals surface area contributed by atoms with Crippen molar-refractivity contribution in [1.29, 1.82) is 0 Å². The number of hydrogen-bond donors (Lipinski definition) is 1. The van der Waals surface area contributed by atoms with Gasteiger partial charge in [-0.15, -0.1) is 0 Å². The van der Waals surface area contributed by atoms with Crippen molar-refractivity contribution in [3.63, 3.8) is 0 Å². The molecule has 2 aromatic carbocycles. The Balaban J connectivity index is 1.87. The van der Waals surface area contributed by atoms with Crippen molar-refractivity contribution in [2.75, 3.05) is 32.5 Å². The smallest absolute Gasteiger partial charge is 0.182 e. The lowest BCUT2D eigenvalue weighted by Crippen LogP contribution is -2.17. The average molecular weight is 410 g/mol. The van der Waals surface area contributed by atoms with Gasteiger partial charge in [-0.25, -0.2) is 13.2 Å². The van der Waals surface area contributed by atoms with Crippen molar-refractivity contribution < 1.29 is 18.0 Å². The average Bonchev–Trinajstić information content (AvgIpc) is 3.05. The Morgan fingerprint density at radius 1 is 1.21 bits per heavy atom. The zero-order valence-electron chi connectivity index (χ0n) is 15.5. The number of amidine groups is 1. The molecule has 4 nitrogen and oxygen atoms in total. The van der Waals surface area contributed by atoms with Crippen molar-refractivity contribution in [3.8, 4) is 0 Å². The number of likely N-dealkylation sites (N-methyl/N-ethyl adjacent to an activating group) is 1. The van der Waals surface area contributed by atoms with E-state index in [9.17, 15) is 18.0 Å². The maximum Gasteiger partial charge on any atom is 0.182 e. The zero-order valence-corrected chi connectivity index (χ0v) is 16.2. The van der Waals surface area contributed by atoms with E-state index in [1.807, 2.05) is 19.0 Å². The highest BCUT2D eigenvalue weighted by Crippen LogP contribution is 2.32. The van der Waals surface area contributed by atoms with Gasteiger partial charge in [0.2, 0.25) is 0 Å². The molecule has 0 atom stereocenters. The van der Waals surface area contributed by atoms with Crippen LogP contribution in [-0.4, -0.2) is 43.7 Å². The van der Waals surface area contributed by atoms with Gasteiger partial charge in [0.1, 0.15) is 11.7 Å². The lowest BCUT2D eigenvalue weighted by atomic mass is 9.96. The van der Waals surface area contributed by atoms with Gasteiger partial charge >= 0.3 is 0 Å². The van der Waals surface area contributed by atoms with Crippen molar-refractivity contribution in [1.82, 2.24) is 4.90 Å². The minimum atomic E-state index is -1.11. The number of Topliss-reactive ketones (excluding diaryl/α,β-unsaturated/α-hetero) is 1. The molecule has 28 heavy (non-hydrogen) atoms. The monoisotopic (exact) mass is 409 g/mol. The molecule has 0 fully saturated rings. The fourth-order valence-corrected chi connectivity index (χ4v) is 3.20. The molecule has 0 aliphatic carbocycles. The number of nitrogens with zero attached hydrogens (tertiary/aromatic N) is 2. The van der Waals surface area contributed by atoms with Crippen LogP contribution in [0.4, 0.5) is 18.9 Å². The minimum Gasteiger partial charge on any atom is -0.341 e. The van der Waals surface area contributed by atoms with Gasteiger partial charge < -0.3 is 10.2 Å². The van der Waals surface area contributed by atoms with E-state index in [4.69, 9.17) is 11.6 Å². The van der Waals surface area contributed by atoms with Gasteiger partial charge in [0.15, 0.2) is 17.4 Å². The molecular formula is C20H19ClF3N3O. The van der Waals surface area contributed by atoms with Crippen LogP contribution in [0.15, 0.2) is 29.3 Å². The van der Waals surface area contributed by atoms with Gasteiger partial charge in [-0.3, -0.25) is 9.79 Å². The number of aliphatic imine (C=N–C) groups is 1. The molecule has 0 bridgehead atoms. The quantitative estimate of drug-likeness (QED) is 0.730. The number of benzene rings is 2. The lowest BCUT2D eigenvalue weighted by Gasteiger charge is -2.09. The molecule has 0 unspecified atom stereocenters. The summed E-state index contributed by atoms with van der Waals surface area (Å²) < 4.78 is 41.6. The van der Waals surface area contributed by atoms with E-state index in [-0.39, 0.29) is 29.1 Å². The topological polar surface area (TPSA) is 44.7 Å². The van der Waals surface area contributed by atoms with Crippen LogP contribution in [-0.2, 0) is 12.8 Å². The number of fused-ring (bicyclic) bond motifs is 1. The molecule has 1 aliphatic rings. The normalized spacial score (nSPS) is 14.5. The molecular weight excluding hydrogens is 391 g/mol. The van der Waals surface area contributed by atoms with E-state index in [0.29, 0.717) is 30.1 Å². The van der Waals surface area contributed by atoms with Crippen molar-refractivity contribution in [2.45, 2.75) is 12.8 Å². The van der Waals surface area contributed by atoms with Crippen LogP contribution >= 0.6 is 11.6 Å². The Morgan fingerprint density at radius 2 is 1.96 bits per heavy atom. The predicted octanol–water partition coefficient (Wildman–Crippen LogP) is 4.11. The number of hydrogen-bond acceptors (Lipinski definition) is 3. The summed E-state index contributed by atoms with van der Waals surface area (Å²) in [5, 5.41) is 2.69. The second kappa shape index (κ2) is 8.32. The van der Waals surface area contributed by atoms with Crippen molar-refractivity contribution >= 4 is 28.9 Å². The van der Waals surface area contributed by atoms with Crippen LogP contribution in [0.5, 0.6) is 0 Å². The van der Waals surface area contributed by atoms with Gasteiger partial charge in [-0.2, -0.15) is 0 Å². The summed E-state index contributed by atoms with van der Waals surface area (Å²) in [4.78, 5) is 19.1. The first kappa shape index (κ1) is 20.4. The van der Waals surface area contributed by atoms with E-state index < -0.39 is 23.2 Å². The van der Waals surface area contributed by atoms with Crippen LogP contribution in [0, 0.1) is 17.5 Å². The molecule has 0 saturated heterocycles. The molecule has 0 spiro atoms. The van der Waals surface area contributed by atoms with Crippen molar-refractivity contribution in [2.24, 2.45) is 4.99 Å². The third-order valence-corrected chi connectivity index (χ3v) is 4.73. The van der Waals surface area contributed by atoms with Gasteiger partial charge in [0.25, 0.3) is 0 Å². The first-order chi connectivity index (χ1) is 13.3. The van der Waals surface area contributed by atoms with E-state index >= 15 is 0 Å². The van der Waals surface area contributed by atoms with Crippen molar-refractivity contribution in [3.05, 3.63) is 63.4 Å².